The zero-order valence-corrected chi connectivity index (χ0v) is 16.3. The van der Waals surface area contributed by atoms with E-state index in [1.807, 2.05) is 0 Å². The Morgan fingerprint density at radius 1 is 1.28 bits per heavy atom. The van der Waals surface area contributed by atoms with Crippen molar-refractivity contribution in [1.29, 1.82) is 0 Å². The van der Waals surface area contributed by atoms with E-state index in [9.17, 15) is 18.8 Å². The summed E-state index contributed by atoms with van der Waals surface area (Å²) in [6.45, 7) is 1.41. The van der Waals surface area contributed by atoms with Crippen LogP contribution in [0.3, 0.4) is 0 Å². The second-order valence-electron chi connectivity index (χ2n) is 6.19. The topological polar surface area (TPSA) is 84.9 Å². The van der Waals surface area contributed by atoms with Crippen LogP contribution in [0.2, 0.25) is 5.02 Å². The molecule has 1 aliphatic rings. The quantitative estimate of drug-likeness (QED) is 0.696. The molecule has 9 heteroatoms. The molecule has 0 bridgehead atoms. The Hall–Kier alpha value is -3.13. The minimum Gasteiger partial charge on any atom is -0.482 e. The van der Waals surface area contributed by atoms with E-state index in [1.54, 1.807) is 13.0 Å². The van der Waals surface area contributed by atoms with Crippen LogP contribution in [0.5, 0.6) is 11.5 Å². The molecule has 2 amide bonds. The predicted octanol–water partition coefficient (Wildman–Crippen LogP) is 2.60. The van der Waals surface area contributed by atoms with Gasteiger partial charge in [0.05, 0.1) is 5.69 Å². The SMILES string of the molecule is CCNC(=O)CN1C(=O)COc2ccc(C(=O)COc3ccc(Cl)cc3F)cc21. The van der Waals surface area contributed by atoms with Gasteiger partial charge in [-0.25, -0.2) is 4.39 Å². The lowest BCUT2D eigenvalue weighted by Crippen LogP contribution is -2.45. The van der Waals surface area contributed by atoms with E-state index >= 15 is 0 Å². The number of anilines is 1. The Morgan fingerprint density at radius 2 is 2.07 bits per heavy atom. The average molecular weight is 421 g/mol. The van der Waals surface area contributed by atoms with Gasteiger partial charge in [0.25, 0.3) is 5.91 Å². The minimum absolute atomic E-state index is 0.0999. The van der Waals surface area contributed by atoms with Crippen LogP contribution in [-0.2, 0) is 9.59 Å². The molecule has 0 spiro atoms. The number of nitrogens with zero attached hydrogens (tertiary/aromatic N) is 1. The van der Waals surface area contributed by atoms with Crippen LogP contribution >= 0.6 is 11.6 Å². The molecule has 2 aromatic carbocycles. The van der Waals surface area contributed by atoms with Crippen molar-refractivity contribution in [1.82, 2.24) is 5.32 Å². The number of hydrogen-bond donors (Lipinski definition) is 1. The van der Waals surface area contributed by atoms with Gasteiger partial charge in [-0.1, -0.05) is 11.6 Å². The summed E-state index contributed by atoms with van der Waals surface area (Å²) in [5.41, 5.74) is 0.549. The summed E-state index contributed by atoms with van der Waals surface area (Å²) in [5, 5.41) is 2.84. The summed E-state index contributed by atoms with van der Waals surface area (Å²) in [5.74, 6) is -1.55. The van der Waals surface area contributed by atoms with Crippen LogP contribution < -0.4 is 19.7 Å². The molecule has 0 unspecified atom stereocenters. The van der Waals surface area contributed by atoms with Gasteiger partial charge in [-0.2, -0.15) is 0 Å². The number of ketones is 1. The van der Waals surface area contributed by atoms with Crippen LogP contribution in [0.1, 0.15) is 17.3 Å². The third-order valence-electron chi connectivity index (χ3n) is 4.15. The third kappa shape index (κ3) is 4.83. The lowest BCUT2D eigenvalue weighted by molar-refractivity contribution is -0.125. The van der Waals surface area contributed by atoms with Crippen LogP contribution in [-0.4, -0.2) is 43.9 Å². The highest BCUT2D eigenvalue weighted by Crippen LogP contribution is 2.33. The van der Waals surface area contributed by atoms with Crippen LogP contribution in [0.15, 0.2) is 36.4 Å². The second kappa shape index (κ2) is 8.91. The molecule has 7 nitrogen and oxygen atoms in total. The van der Waals surface area contributed by atoms with E-state index in [-0.39, 0.29) is 35.4 Å². The van der Waals surface area contributed by atoms with Gasteiger partial charge in [-0.3, -0.25) is 19.3 Å². The third-order valence-corrected chi connectivity index (χ3v) is 4.39. The molecule has 0 saturated heterocycles. The number of likely N-dealkylation sites (N-methyl/N-ethyl adjacent to an activating group) is 1. The number of carbonyl (C=O) groups excluding carboxylic acids is 3. The maximum absolute atomic E-state index is 13.8. The normalized spacial score (nSPS) is 12.8. The van der Waals surface area contributed by atoms with Crippen molar-refractivity contribution < 1.29 is 28.2 Å². The molecule has 0 fully saturated rings. The molecule has 1 aliphatic heterocycles. The molecular formula is C20H18ClFN2O5. The molecular weight excluding hydrogens is 403 g/mol. The molecule has 1 N–H and O–H groups in total. The first-order valence-electron chi connectivity index (χ1n) is 8.84. The van der Waals surface area contributed by atoms with Crippen LogP contribution in [0.25, 0.3) is 0 Å². The molecule has 29 heavy (non-hydrogen) atoms. The number of hydrogen-bond acceptors (Lipinski definition) is 5. The van der Waals surface area contributed by atoms with Gasteiger partial charge >= 0.3 is 0 Å². The maximum atomic E-state index is 13.8. The number of benzene rings is 2. The van der Waals surface area contributed by atoms with Crippen molar-refractivity contribution in [2.24, 2.45) is 0 Å². The highest BCUT2D eigenvalue weighted by molar-refractivity contribution is 6.30. The highest BCUT2D eigenvalue weighted by atomic mass is 35.5. The van der Waals surface area contributed by atoms with Crippen molar-refractivity contribution in [3.05, 3.63) is 52.8 Å². The number of Topliss-reactive ketones (excluding diaryl/α,β-unsaturated/α-hetero) is 1. The Balaban J connectivity index is 1.77. The first-order valence-corrected chi connectivity index (χ1v) is 9.21. The second-order valence-corrected chi connectivity index (χ2v) is 6.63. The lowest BCUT2D eigenvalue weighted by Gasteiger charge is -2.29. The standard InChI is InChI=1S/C20H18ClFN2O5/c1-2-23-19(26)9-24-15-7-12(3-5-18(15)29-11-20(24)27)16(25)10-28-17-6-4-13(21)8-14(17)22/h3-8H,2,9-11H2,1H3,(H,23,26). The molecule has 0 radical (unpaired) electrons. The van der Waals surface area contributed by atoms with Gasteiger partial charge in [0.1, 0.15) is 12.3 Å². The number of carbonyl (C=O) groups is 3. The van der Waals surface area contributed by atoms with Gasteiger partial charge in [0.2, 0.25) is 5.91 Å². The Morgan fingerprint density at radius 3 is 2.79 bits per heavy atom. The number of amides is 2. The van der Waals surface area contributed by atoms with Crippen molar-refractivity contribution >= 4 is 34.9 Å². The summed E-state index contributed by atoms with van der Waals surface area (Å²) in [6.07, 6.45) is 0. The molecule has 1 heterocycles. The fourth-order valence-electron chi connectivity index (χ4n) is 2.76. The minimum atomic E-state index is -0.678. The summed E-state index contributed by atoms with van der Waals surface area (Å²) in [7, 11) is 0. The first-order chi connectivity index (χ1) is 13.9. The van der Waals surface area contributed by atoms with E-state index < -0.39 is 24.1 Å². The highest BCUT2D eigenvalue weighted by Gasteiger charge is 2.28. The molecule has 2 aromatic rings. The monoisotopic (exact) mass is 420 g/mol. The predicted molar refractivity (Wildman–Crippen MR) is 104 cm³/mol. The van der Waals surface area contributed by atoms with Crippen molar-refractivity contribution in [3.63, 3.8) is 0 Å². The van der Waals surface area contributed by atoms with Gasteiger partial charge < -0.3 is 14.8 Å². The Labute approximate surface area is 171 Å². The molecule has 152 valence electrons. The van der Waals surface area contributed by atoms with Crippen LogP contribution in [0.4, 0.5) is 10.1 Å². The van der Waals surface area contributed by atoms with Gasteiger partial charge in [-0.15, -0.1) is 0 Å². The Kier molecular flexibility index (Phi) is 6.33. The first kappa shape index (κ1) is 20.6. The van der Waals surface area contributed by atoms with E-state index in [0.717, 1.165) is 6.07 Å². The fourth-order valence-corrected chi connectivity index (χ4v) is 2.92. The number of fused-ring (bicyclic) bond motifs is 1. The number of halogens is 2. The van der Waals surface area contributed by atoms with Gasteiger partial charge in [0.15, 0.2) is 30.6 Å². The number of ether oxygens (including phenoxy) is 2. The molecule has 0 aliphatic carbocycles. The Bertz CT molecular complexity index is 966. The van der Waals surface area contributed by atoms with E-state index in [2.05, 4.69) is 5.32 Å². The van der Waals surface area contributed by atoms with Crippen LogP contribution in [0, 0.1) is 5.82 Å². The number of nitrogens with one attached hydrogen (secondary N) is 1. The number of rotatable bonds is 7. The van der Waals surface area contributed by atoms with Crippen molar-refractivity contribution in [3.8, 4) is 11.5 Å². The maximum Gasteiger partial charge on any atom is 0.265 e. The van der Waals surface area contributed by atoms with E-state index in [0.29, 0.717) is 18.0 Å². The molecule has 0 atom stereocenters. The van der Waals surface area contributed by atoms with Crippen molar-refractivity contribution in [2.75, 3.05) is 31.2 Å². The average Bonchev–Trinajstić information content (AvgIpc) is 2.69. The van der Waals surface area contributed by atoms with E-state index in [1.165, 1.54) is 29.2 Å². The molecule has 3 rings (SSSR count). The van der Waals surface area contributed by atoms with Gasteiger partial charge in [0, 0.05) is 17.1 Å². The fraction of sp³-hybridized carbons (Fsp3) is 0.250. The summed E-state index contributed by atoms with van der Waals surface area (Å²) < 4.78 is 24.4. The van der Waals surface area contributed by atoms with E-state index in [4.69, 9.17) is 21.1 Å². The summed E-state index contributed by atoms with van der Waals surface area (Å²) in [6, 6.07) is 8.38. The smallest absolute Gasteiger partial charge is 0.265 e. The molecule has 0 saturated carbocycles. The zero-order chi connectivity index (χ0) is 21.0. The summed E-state index contributed by atoms with van der Waals surface area (Å²) in [4.78, 5) is 37.9. The summed E-state index contributed by atoms with van der Waals surface area (Å²) >= 11 is 5.69. The molecule has 0 aromatic heterocycles. The largest absolute Gasteiger partial charge is 0.482 e. The lowest BCUT2D eigenvalue weighted by atomic mass is 10.1. The van der Waals surface area contributed by atoms with Crippen molar-refractivity contribution in [2.45, 2.75) is 6.92 Å². The zero-order valence-electron chi connectivity index (χ0n) is 15.5. The van der Waals surface area contributed by atoms with Gasteiger partial charge in [-0.05, 0) is 43.3 Å².